The van der Waals surface area contributed by atoms with Crippen LogP contribution in [0.15, 0.2) is 85.1 Å². The van der Waals surface area contributed by atoms with Crippen LogP contribution in [0.3, 0.4) is 0 Å². The number of unbranched alkanes of at least 4 members (excludes halogenated alkanes) is 21. The van der Waals surface area contributed by atoms with Crippen LogP contribution in [-0.4, -0.2) is 37.2 Å². The van der Waals surface area contributed by atoms with Gasteiger partial charge in [0.25, 0.3) is 0 Å². The van der Waals surface area contributed by atoms with Gasteiger partial charge in [-0.25, -0.2) is 0 Å². The van der Waals surface area contributed by atoms with E-state index in [1.54, 1.807) is 0 Å². The van der Waals surface area contributed by atoms with Crippen LogP contribution in [-0.2, 0) is 28.6 Å². The van der Waals surface area contributed by atoms with Gasteiger partial charge in [-0.2, -0.15) is 0 Å². The summed E-state index contributed by atoms with van der Waals surface area (Å²) in [4.78, 5) is 37.9. The van der Waals surface area contributed by atoms with E-state index in [0.29, 0.717) is 19.3 Å². The van der Waals surface area contributed by atoms with E-state index in [1.165, 1.54) is 116 Å². The number of carbonyl (C=O) groups excluding carboxylic acids is 3. The van der Waals surface area contributed by atoms with Gasteiger partial charge in [0, 0.05) is 19.3 Å². The summed E-state index contributed by atoms with van der Waals surface area (Å²) in [5, 5.41) is 0. The van der Waals surface area contributed by atoms with E-state index in [9.17, 15) is 14.4 Å². The Hall–Kier alpha value is -3.41. The summed E-state index contributed by atoms with van der Waals surface area (Å²) < 4.78 is 16.7. The molecule has 0 spiro atoms. The van der Waals surface area contributed by atoms with E-state index in [-0.39, 0.29) is 37.5 Å². The van der Waals surface area contributed by atoms with Crippen LogP contribution in [0.25, 0.3) is 0 Å². The SMILES string of the molecule is CC/C=C\C/C=C\CCCCC(=O)OCC(COC(=O)CCCCCCCCC/C=C\CCCCCCCCCC)OC(=O)CCC/C=C\C/C=C\C/C=C\C/C=C\CCCCC. The van der Waals surface area contributed by atoms with E-state index < -0.39 is 6.10 Å². The molecule has 0 aliphatic rings. The normalized spacial score (nSPS) is 12.7. The van der Waals surface area contributed by atoms with Crippen molar-refractivity contribution in [3.05, 3.63) is 85.1 Å². The lowest BCUT2D eigenvalue weighted by molar-refractivity contribution is -0.167. The van der Waals surface area contributed by atoms with Gasteiger partial charge in [0.15, 0.2) is 6.10 Å². The lowest BCUT2D eigenvalue weighted by atomic mass is 10.1. The molecule has 0 saturated heterocycles. The molecule has 0 aromatic carbocycles. The summed E-state index contributed by atoms with van der Waals surface area (Å²) in [6, 6.07) is 0. The molecule has 0 aromatic rings. The van der Waals surface area contributed by atoms with Gasteiger partial charge in [0.2, 0.25) is 0 Å². The standard InChI is InChI=1S/C57H96O6/c1-4-7-10-13-16-19-21-23-25-27-28-30-31-33-35-38-41-44-47-50-56(59)62-53-54(52-61-55(58)49-46-43-40-37-18-15-12-9-6-3)63-57(60)51-48-45-42-39-36-34-32-29-26-24-22-20-17-14-11-8-5-2/h9,12,17-18,20,24,26-28,32,34,37,39,42,54H,4-8,10-11,13-16,19,21-23,25,29-31,33,35-36,38,40-41,43-53H2,1-3H3/b12-9-,20-17-,26-24-,28-27-,34-32-,37-18-,42-39-. The van der Waals surface area contributed by atoms with Crippen molar-refractivity contribution in [2.45, 2.75) is 245 Å². The maximum atomic E-state index is 12.8. The maximum Gasteiger partial charge on any atom is 0.306 e. The van der Waals surface area contributed by atoms with Gasteiger partial charge in [-0.15, -0.1) is 0 Å². The van der Waals surface area contributed by atoms with Crippen LogP contribution in [0.1, 0.15) is 239 Å². The Labute approximate surface area is 388 Å². The first-order valence-corrected chi connectivity index (χ1v) is 26.1. The third-order valence-corrected chi connectivity index (χ3v) is 10.9. The first-order valence-electron chi connectivity index (χ1n) is 26.1. The van der Waals surface area contributed by atoms with E-state index in [0.717, 1.165) is 77.0 Å². The summed E-state index contributed by atoms with van der Waals surface area (Å²) in [7, 11) is 0. The highest BCUT2D eigenvalue weighted by Crippen LogP contribution is 2.13. The molecule has 6 heteroatoms. The van der Waals surface area contributed by atoms with Gasteiger partial charge in [-0.05, 0) is 109 Å². The van der Waals surface area contributed by atoms with Gasteiger partial charge in [-0.3, -0.25) is 14.4 Å². The highest BCUT2D eigenvalue weighted by molar-refractivity contribution is 5.71. The maximum absolute atomic E-state index is 12.8. The molecule has 0 aliphatic heterocycles. The molecule has 0 heterocycles. The van der Waals surface area contributed by atoms with E-state index in [2.05, 4.69) is 106 Å². The summed E-state index contributed by atoms with van der Waals surface area (Å²) in [6.45, 7) is 6.40. The second-order valence-corrected chi connectivity index (χ2v) is 17.0. The summed E-state index contributed by atoms with van der Waals surface area (Å²) in [5.74, 6) is -1.01. The first-order chi connectivity index (χ1) is 31.0. The highest BCUT2D eigenvalue weighted by Gasteiger charge is 2.19. The molecule has 0 amide bonds. The van der Waals surface area contributed by atoms with Crippen molar-refractivity contribution in [2.75, 3.05) is 13.2 Å². The van der Waals surface area contributed by atoms with Crippen molar-refractivity contribution in [3.63, 3.8) is 0 Å². The van der Waals surface area contributed by atoms with E-state index in [1.807, 2.05) is 0 Å². The smallest absolute Gasteiger partial charge is 0.306 e. The molecule has 0 aliphatic carbocycles. The Kier molecular flexibility index (Phi) is 48.5. The molecular weight excluding hydrogens is 781 g/mol. The van der Waals surface area contributed by atoms with Crippen molar-refractivity contribution >= 4 is 17.9 Å². The van der Waals surface area contributed by atoms with Crippen molar-refractivity contribution in [1.29, 1.82) is 0 Å². The Morgan fingerprint density at radius 3 is 1.10 bits per heavy atom. The lowest BCUT2D eigenvalue weighted by Crippen LogP contribution is -2.30. The van der Waals surface area contributed by atoms with Crippen LogP contribution in [0, 0.1) is 0 Å². The molecule has 1 unspecified atom stereocenters. The van der Waals surface area contributed by atoms with Crippen molar-refractivity contribution < 1.29 is 28.6 Å². The van der Waals surface area contributed by atoms with Gasteiger partial charge < -0.3 is 14.2 Å². The molecule has 0 bridgehead atoms. The van der Waals surface area contributed by atoms with Crippen molar-refractivity contribution in [2.24, 2.45) is 0 Å². The Morgan fingerprint density at radius 2 is 0.635 bits per heavy atom. The third-order valence-electron chi connectivity index (χ3n) is 10.9. The molecule has 0 fully saturated rings. The summed E-state index contributed by atoms with van der Waals surface area (Å²) >= 11 is 0. The lowest BCUT2D eigenvalue weighted by Gasteiger charge is -2.18. The molecule has 360 valence electrons. The largest absolute Gasteiger partial charge is 0.462 e. The van der Waals surface area contributed by atoms with Crippen LogP contribution in [0.5, 0.6) is 0 Å². The molecule has 0 rings (SSSR count). The Morgan fingerprint density at radius 1 is 0.333 bits per heavy atom. The summed E-state index contributed by atoms with van der Waals surface area (Å²) in [6.07, 6.45) is 65.9. The number of esters is 3. The van der Waals surface area contributed by atoms with Crippen LogP contribution in [0.2, 0.25) is 0 Å². The van der Waals surface area contributed by atoms with Crippen molar-refractivity contribution in [1.82, 2.24) is 0 Å². The zero-order valence-corrected chi connectivity index (χ0v) is 41.1. The number of rotatable bonds is 46. The van der Waals surface area contributed by atoms with Crippen molar-refractivity contribution in [3.8, 4) is 0 Å². The molecule has 1 atom stereocenters. The molecular formula is C57H96O6. The first kappa shape index (κ1) is 59.6. The van der Waals surface area contributed by atoms with Crippen LogP contribution < -0.4 is 0 Å². The molecule has 6 nitrogen and oxygen atoms in total. The van der Waals surface area contributed by atoms with Gasteiger partial charge in [0.1, 0.15) is 13.2 Å². The third kappa shape index (κ3) is 49.5. The molecule has 0 aromatic heterocycles. The fourth-order valence-electron chi connectivity index (χ4n) is 6.94. The minimum absolute atomic E-state index is 0.111. The number of hydrogen-bond acceptors (Lipinski definition) is 6. The summed E-state index contributed by atoms with van der Waals surface area (Å²) in [5.41, 5.74) is 0. The van der Waals surface area contributed by atoms with E-state index >= 15 is 0 Å². The second-order valence-electron chi connectivity index (χ2n) is 17.0. The number of hydrogen-bond donors (Lipinski definition) is 0. The minimum Gasteiger partial charge on any atom is -0.462 e. The Balaban J connectivity index is 4.42. The van der Waals surface area contributed by atoms with Crippen LogP contribution >= 0.6 is 0 Å². The van der Waals surface area contributed by atoms with Gasteiger partial charge in [0.05, 0.1) is 0 Å². The van der Waals surface area contributed by atoms with Gasteiger partial charge >= 0.3 is 17.9 Å². The number of ether oxygens (including phenoxy) is 3. The molecule has 0 saturated carbocycles. The minimum atomic E-state index is -0.819. The average Bonchev–Trinajstić information content (AvgIpc) is 3.28. The number of allylic oxidation sites excluding steroid dienone is 14. The second kappa shape index (κ2) is 51.2. The predicted molar refractivity (Wildman–Crippen MR) is 270 cm³/mol. The van der Waals surface area contributed by atoms with Crippen LogP contribution in [0.4, 0.5) is 0 Å². The topological polar surface area (TPSA) is 78.9 Å². The zero-order chi connectivity index (χ0) is 45.8. The predicted octanol–water partition coefficient (Wildman–Crippen LogP) is 17.2. The van der Waals surface area contributed by atoms with Gasteiger partial charge in [-0.1, -0.05) is 196 Å². The van der Waals surface area contributed by atoms with E-state index in [4.69, 9.17) is 14.2 Å². The number of carbonyl (C=O) groups is 3. The Bertz CT molecular complexity index is 1240. The average molecular weight is 877 g/mol. The zero-order valence-electron chi connectivity index (χ0n) is 41.1. The fraction of sp³-hybridized carbons (Fsp3) is 0.702. The highest BCUT2D eigenvalue weighted by atomic mass is 16.6. The fourth-order valence-corrected chi connectivity index (χ4v) is 6.94. The quantitative estimate of drug-likeness (QED) is 0.0262. The monoisotopic (exact) mass is 877 g/mol. The molecule has 63 heavy (non-hydrogen) atoms. The molecule has 0 N–H and O–H groups in total. The molecule has 0 radical (unpaired) electrons.